The van der Waals surface area contributed by atoms with Crippen LogP contribution in [0.1, 0.15) is 36.9 Å². The molecule has 0 spiro atoms. The van der Waals surface area contributed by atoms with Crippen LogP contribution in [-0.2, 0) is 21.5 Å². The fraction of sp³-hybridized carbons (Fsp3) is 0.522. The van der Waals surface area contributed by atoms with Crippen LogP contribution >= 0.6 is 0 Å². The summed E-state index contributed by atoms with van der Waals surface area (Å²) >= 11 is 0. The Bertz CT molecular complexity index is 895. The van der Waals surface area contributed by atoms with E-state index in [2.05, 4.69) is 17.2 Å². The number of benzene rings is 1. The van der Waals surface area contributed by atoms with Gasteiger partial charge >= 0.3 is 0 Å². The minimum atomic E-state index is -0.471. The zero-order valence-corrected chi connectivity index (χ0v) is 17.0. The summed E-state index contributed by atoms with van der Waals surface area (Å²) in [5.74, 6) is 0.602. The van der Waals surface area contributed by atoms with E-state index in [1.165, 1.54) is 0 Å². The van der Waals surface area contributed by atoms with Gasteiger partial charge in [0.25, 0.3) is 5.56 Å². The Hall–Kier alpha value is -2.47. The molecule has 0 atom stereocenters. The first-order valence-electron chi connectivity index (χ1n) is 10.6. The molecule has 2 aromatic rings. The summed E-state index contributed by atoms with van der Waals surface area (Å²) in [6.45, 7) is 5.24. The van der Waals surface area contributed by atoms with Crippen LogP contribution in [0.2, 0.25) is 0 Å². The molecule has 0 radical (unpaired) electrons. The summed E-state index contributed by atoms with van der Waals surface area (Å²) in [6, 6.07) is 13.5. The van der Waals surface area contributed by atoms with Crippen LogP contribution < -0.4 is 5.56 Å². The van der Waals surface area contributed by atoms with Gasteiger partial charge in [-0.2, -0.15) is 5.10 Å². The predicted octanol–water partition coefficient (Wildman–Crippen LogP) is 2.54. The molecule has 2 aliphatic rings. The smallest absolute Gasteiger partial charge is 0.266 e. The normalized spacial score (nSPS) is 19.8. The van der Waals surface area contributed by atoms with Gasteiger partial charge in [-0.15, -0.1) is 0 Å². The lowest BCUT2D eigenvalue weighted by Crippen LogP contribution is -2.52. The number of carbonyl (C=O) groups is 1. The first-order valence-corrected chi connectivity index (χ1v) is 10.6. The molecule has 3 heterocycles. The first kappa shape index (κ1) is 19.8. The molecule has 1 aromatic heterocycles. The van der Waals surface area contributed by atoms with Gasteiger partial charge < -0.3 is 9.64 Å². The van der Waals surface area contributed by atoms with Crippen molar-refractivity contribution in [3.8, 4) is 0 Å². The van der Waals surface area contributed by atoms with E-state index in [-0.39, 0.29) is 11.5 Å². The highest BCUT2D eigenvalue weighted by atomic mass is 16.5. The van der Waals surface area contributed by atoms with Gasteiger partial charge in [-0.3, -0.25) is 9.59 Å². The Morgan fingerprint density at radius 3 is 2.48 bits per heavy atom. The summed E-state index contributed by atoms with van der Waals surface area (Å²) in [5.41, 5.74) is 1.42. The second kappa shape index (κ2) is 8.49. The standard InChI is InChI=1S/C23H29N3O3/c1-18-7-8-21(27)26(24-18)17-19-9-13-25(14-10-19)22(28)23(11-15-29-16-12-23)20-5-3-2-4-6-20/h2-8,19H,9-17H2,1H3. The van der Waals surface area contributed by atoms with Crippen molar-refractivity contribution in [2.45, 2.75) is 44.6 Å². The zero-order chi connectivity index (χ0) is 20.3. The van der Waals surface area contributed by atoms with E-state index in [0.29, 0.717) is 25.7 Å². The van der Waals surface area contributed by atoms with Crippen molar-refractivity contribution in [2.24, 2.45) is 5.92 Å². The number of ether oxygens (including phenoxy) is 1. The Kier molecular flexibility index (Phi) is 5.81. The Balaban J connectivity index is 1.45. The molecule has 6 nitrogen and oxygen atoms in total. The highest BCUT2D eigenvalue weighted by Gasteiger charge is 2.44. The van der Waals surface area contributed by atoms with Crippen LogP contribution in [0, 0.1) is 12.8 Å². The fourth-order valence-corrected chi connectivity index (χ4v) is 4.65. The third-order valence-electron chi connectivity index (χ3n) is 6.41. The van der Waals surface area contributed by atoms with Gasteiger partial charge in [-0.25, -0.2) is 4.68 Å². The Morgan fingerprint density at radius 2 is 1.79 bits per heavy atom. The third kappa shape index (κ3) is 4.13. The zero-order valence-electron chi connectivity index (χ0n) is 17.0. The number of amides is 1. The van der Waals surface area contributed by atoms with Crippen molar-refractivity contribution in [1.82, 2.24) is 14.7 Å². The van der Waals surface area contributed by atoms with Crippen molar-refractivity contribution < 1.29 is 9.53 Å². The largest absolute Gasteiger partial charge is 0.381 e. The van der Waals surface area contributed by atoms with Crippen LogP contribution in [-0.4, -0.2) is 46.9 Å². The van der Waals surface area contributed by atoms with Gasteiger partial charge in [0.2, 0.25) is 5.91 Å². The van der Waals surface area contributed by atoms with Gasteiger partial charge in [0.05, 0.1) is 11.1 Å². The minimum absolute atomic E-state index is 0.0562. The lowest BCUT2D eigenvalue weighted by Gasteiger charge is -2.42. The number of piperidine rings is 1. The van der Waals surface area contributed by atoms with E-state index in [0.717, 1.165) is 50.0 Å². The van der Waals surface area contributed by atoms with E-state index in [9.17, 15) is 9.59 Å². The second-order valence-corrected chi connectivity index (χ2v) is 8.29. The number of nitrogens with zero attached hydrogens (tertiary/aromatic N) is 3. The maximum Gasteiger partial charge on any atom is 0.266 e. The molecule has 0 N–H and O–H groups in total. The maximum absolute atomic E-state index is 13.6. The molecule has 29 heavy (non-hydrogen) atoms. The molecule has 1 aromatic carbocycles. The number of carbonyl (C=O) groups excluding carboxylic acids is 1. The monoisotopic (exact) mass is 395 g/mol. The Labute approximate surface area is 171 Å². The highest BCUT2D eigenvalue weighted by Crippen LogP contribution is 2.37. The summed E-state index contributed by atoms with van der Waals surface area (Å²) in [7, 11) is 0. The lowest BCUT2D eigenvalue weighted by atomic mass is 9.72. The fourth-order valence-electron chi connectivity index (χ4n) is 4.65. The van der Waals surface area contributed by atoms with Gasteiger partial charge in [0, 0.05) is 38.9 Å². The average Bonchev–Trinajstić information content (AvgIpc) is 2.77. The Morgan fingerprint density at radius 1 is 1.10 bits per heavy atom. The van der Waals surface area contributed by atoms with E-state index < -0.39 is 5.41 Å². The lowest BCUT2D eigenvalue weighted by molar-refractivity contribution is -0.142. The minimum Gasteiger partial charge on any atom is -0.381 e. The van der Waals surface area contributed by atoms with Gasteiger partial charge in [-0.1, -0.05) is 30.3 Å². The third-order valence-corrected chi connectivity index (χ3v) is 6.41. The number of rotatable bonds is 4. The number of aryl methyl sites for hydroxylation is 1. The van der Waals surface area contributed by atoms with Gasteiger partial charge in [0.1, 0.15) is 0 Å². The molecule has 0 saturated carbocycles. The molecule has 2 saturated heterocycles. The predicted molar refractivity (Wildman–Crippen MR) is 111 cm³/mol. The topological polar surface area (TPSA) is 64.4 Å². The van der Waals surface area contributed by atoms with Crippen molar-refractivity contribution in [2.75, 3.05) is 26.3 Å². The maximum atomic E-state index is 13.6. The number of hydrogen-bond donors (Lipinski definition) is 0. The van der Waals surface area contributed by atoms with Gasteiger partial charge in [0.15, 0.2) is 0 Å². The van der Waals surface area contributed by atoms with Gasteiger partial charge in [-0.05, 0) is 50.2 Å². The molecule has 0 bridgehead atoms. The van der Waals surface area contributed by atoms with E-state index in [1.54, 1.807) is 16.8 Å². The van der Waals surface area contributed by atoms with Crippen molar-refractivity contribution in [1.29, 1.82) is 0 Å². The second-order valence-electron chi connectivity index (χ2n) is 8.29. The SMILES string of the molecule is Cc1ccc(=O)n(CC2CCN(C(=O)C3(c4ccccc4)CCOCC3)CC2)n1. The molecule has 2 fully saturated rings. The molecule has 6 heteroatoms. The average molecular weight is 396 g/mol. The van der Waals surface area contributed by atoms with Crippen molar-refractivity contribution in [3.05, 3.63) is 64.1 Å². The summed E-state index contributed by atoms with van der Waals surface area (Å²) in [6.07, 6.45) is 3.26. The summed E-state index contributed by atoms with van der Waals surface area (Å²) in [4.78, 5) is 27.7. The highest BCUT2D eigenvalue weighted by molar-refractivity contribution is 5.88. The van der Waals surface area contributed by atoms with Crippen LogP contribution in [0.5, 0.6) is 0 Å². The first-order chi connectivity index (χ1) is 14.1. The quantitative estimate of drug-likeness (QED) is 0.798. The number of hydrogen-bond acceptors (Lipinski definition) is 4. The molecule has 4 rings (SSSR count). The van der Waals surface area contributed by atoms with Crippen LogP contribution in [0.3, 0.4) is 0 Å². The van der Waals surface area contributed by atoms with Crippen molar-refractivity contribution >= 4 is 5.91 Å². The summed E-state index contributed by atoms with van der Waals surface area (Å²) < 4.78 is 7.15. The number of likely N-dealkylation sites (tertiary alicyclic amines) is 1. The molecule has 1 amide bonds. The van der Waals surface area contributed by atoms with Crippen LogP contribution in [0.25, 0.3) is 0 Å². The van der Waals surface area contributed by atoms with Crippen LogP contribution in [0.15, 0.2) is 47.3 Å². The van der Waals surface area contributed by atoms with E-state index in [4.69, 9.17) is 4.74 Å². The van der Waals surface area contributed by atoms with E-state index >= 15 is 0 Å². The molecular formula is C23H29N3O3. The van der Waals surface area contributed by atoms with E-state index in [1.807, 2.05) is 30.0 Å². The molecular weight excluding hydrogens is 366 g/mol. The van der Waals surface area contributed by atoms with Crippen molar-refractivity contribution in [3.63, 3.8) is 0 Å². The molecule has 0 unspecified atom stereocenters. The molecule has 154 valence electrons. The van der Waals surface area contributed by atoms with Crippen LogP contribution in [0.4, 0.5) is 0 Å². The summed E-state index contributed by atoms with van der Waals surface area (Å²) in [5, 5.41) is 4.35. The number of aromatic nitrogens is 2. The molecule has 0 aliphatic carbocycles. The molecule has 2 aliphatic heterocycles.